The van der Waals surface area contributed by atoms with Crippen LogP contribution in [0.25, 0.3) is 11.3 Å². The average Bonchev–Trinajstić information content (AvgIpc) is 2.17. The lowest BCUT2D eigenvalue weighted by atomic mass is 10.0. The van der Waals surface area contributed by atoms with Gasteiger partial charge >= 0.3 is 0 Å². The molecule has 0 saturated carbocycles. The highest BCUT2D eigenvalue weighted by Gasteiger charge is 2.04. The van der Waals surface area contributed by atoms with E-state index in [1.165, 1.54) is 12.1 Å². The third-order valence-corrected chi connectivity index (χ3v) is 2.25. The maximum atomic E-state index is 12.9. The molecule has 0 aliphatic heterocycles. The Morgan fingerprint density at radius 2 is 2.00 bits per heavy atom. The van der Waals surface area contributed by atoms with Gasteiger partial charge in [-0.2, -0.15) is 0 Å². The second kappa shape index (κ2) is 3.69. The molecule has 1 aromatic carbocycles. The Labute approximate surface area is 87.6 Å². The summed E-state index contributed by atoms with van der Waals surface area (Å²) in [5, 5.41) is 0. The maximum Gasteiger partial charge on any atom is 0.123 e. The van der Waals surface area contributed by atoms with E-state index in [1.54, 1.807) is 24.4 Å². The molecule has 15 heavy (non-hydrogen) atoms. The summed E-state index contributed by atoms with van der Waals surface area (Å²) in [6.07, 6.45) is 1.65. The standard InChI is InChI=1S/C12H11FN2/c1-8-6-9(13)2-3-11(8)12-7-10(14)4-5-15-12/h2-7H,1H3,(H2,14,15). The van der Waals surface area contributed by atoms with Crippen molar-refractivity contribution in [3.63, 3.8) is 0 Å². The van der Waals surface area contributed by atoms with Gasteiger partial charge in [-0.25, -0.2) is 4.39 Å². The summed E-state index contributed by atoms with van der Waals surface area (Å²) in [4.78, 5) is 4.20. The van der Waals surface area contributed by atoms with Gasteiger partial charge < -0.3 is 5.73 Å². The molecular weight excluding hydrogens is 191 g/mol. The summed E-state index contributed by atoms with van der Waals surface area (Å²) in [5.41, 5.74) is 8.85. The minimum absolute atomic E-state index is 0.236. The van der Waals surface area contributed by atoms with Crippen molar-refractivity contribution >= 4 is 5.69 Å². The van der Waals surface area contributed by atoms with Crippen LogP contribution in [0.3, 0.4) is 0 Å². The van der Waals surface area contributed by atoms with Crippen molar-refractivity contribution < 1.29 is 4.39 Å². The molecule has 0 aliphatic carbocycles. The minimum atomic E-state index is -0.236. The third kappa shape index (κ3) is 1.96. The molecule has 1 aromatic heterocycles. The van der Waals surface area contributed by atoms with Crippen LogP contribution in [-0.2, 0) is 0 Å². The van der Waals surface area contributed by atoms with Crippen molar-refractivity contribution in [2.24, 2.45) is 0 Å². The first kappa shape index (κ1) is 9.65. The van der Waals surface area contributed by atoms with Crippen molar-refractivity contribution in [2.45, 2.75) is 6.92 Å². The Balaban J connectivity index is 2.54. The van der Waals surface area contributed by atoms with E-state index in [1.807, 2.05) is 6.92 Å². The number of hydrogen-bond acceptors (Lipinski definition) is 2. The number of anilines is 1. The zero-order valence-electron chi connectivity index (χ0n) is 8.37. The predicted octanol–water partition coefficient (Wildman–Crippen LogP) is 2.78. The number of aryl methyl sites for hydroxylation is 1. The Morgan fingerprint density at radius 1 is 1.20 bits per heavy atom. The minimum Gasteiger partial charge on any atom is -0.399 e. The number of halogens is 1. The van der Waals surface area contributed by atoms with Crippen LogP contribution in [-0.4, -0.2) is 4.98 Å². The van der Waals surface area contributed by atoms with E-state index >= 15 is 0 Å². The summed E-state index contributed by atoms with van der Waals surface area (Å²) in [5.74, 6) is -0.236. The number of aromatic nitrogens is 1. The Hall–Kier alpha value is -1.90. The first-order chi connectivity index (χ1) is 7.16. The zero-order chi connectivity index (χ0) is 10.8. The second-order valence-electron chi connectivity index (χ2n) is 3.43. The van der Waals surface area contributed by atoms with Crippen molar-refractivity contribution in [3.05, 3.63) is 47.9 Å². The normalized spacial score (nSPS) is 10.3. The van der Waals surface area contributed by atoms with Crippen molar-refractivity contribution in [1.29, 1.82) is 0 Å². The van der Waals surface area contributed by atoms with Crippen molar-refractivity contribution in [3.8, 4) is 11.3 Å². The second-order valence-corrected chi connectivity index (χ2v) is 3.43. The molecule has 0 amide bonds. The molecule has 2 N–H and O–H groups in total. The van der Waals surface area contributed by atoms with Crippen LogP contribution in [0.1, 0.15) is 5.56 Å². The monoisotopic (exact) mass is 202 g/mol. The van der Waals surface area contributed by atoms with Gasteiger partial charge in [-0.3, -0.25) is 4.98 Å². The van der Waals surface area contributed by atoms with Crippen LogP contribution in [0.2, 0.25) is 0 Å². The number of nitrogens with zero attached hydrogens (tertiary/aromatic N) is 1. The number of rotatable bonds is 1. The lowest BCUT2D eigenvalue weighted by Gasteiger charge is -2.05. The third-order valence-electron chi connectivity index (χ3n) is 2.25. The fourth-order valence-electron chi connectivity index (χ4n) is 1.51. The summed E-state index contributed by atoms with van der Waals surface area (Å²) in [7, 11) is 0. The van der Waals surface area contributed by atoms with Crippen LogP contribution in [0.15, 0.2) is 36.5 Å². The van der Waals surface area contributed by atoms with Crippen LogP contribution in [0.5, 0.6) is 0 Å². The molecule has 0 aliphatic rings. The smallest absolute Gasteiger partial charge is 0.123 e. The topological polar surface area (TPSA) is 38.9 Å². The number of nitrogens with two attached hydrogens (primary N) is 1. The van der Waals surface area contributed by atoms with Gasteiger partial charge in [-0.15, -0.1) is 0 Å². The van der Waals surface area contributed by atoms with E-state index in [0.717, 1.165) is 16.8 Å². The summed E-state index contributed by atoms with van der Waals surface area (Å²) in [6.45, 7) is 1.85. The van der Waals surface area contributed by atoms with Crippen molar-refractivity contribution in [1.82, 2.24) is 4.98 Å². The fraction of sp³-hybridized carbons (Fsp3) is 0.0833. The Bertz CT molecular complexity index is 495. The molecule has 0 bridgehead atoms. The maximum absolute atomic E-state index is 12.9. The first-order valence-corrected chi connectivity index (χ1v) is 4.65. The van der Waals surface area contributed by atoms with E-state index in [4.69, 9.17) is 5.73 Å². The van der Waals surface area contributed by atoms with Gasteiger partial charge in [0.2, 0.25) is 0 Å². The van der Waals surface area contributed by atoms with Gasteiger partial charge in [-0.1, -0.05) is 0 Å². The molecule has 3 heteroatoms. The highest BCUT2D eigenvalue weighted by atomic mass is 19.1. The molecule has 0 radical (unpaired) electrons. The number of pyridine rings is 1. The van der Waals surface area contributed by atoms with E-state index in [-0.39, 0.29) is 5.82 Å². The largest absolute Gasteiger partial charge is 0.399 e. The molecule has 76 valence electrons. The summed E-state index contributed by atoms with van der Waals surface area (Å²) in [6, 6.07) is 8.13. The Morgan fingerprint density at radius 3 is 2.67 bits per heavy atom. The Kier molecular flexibility index (Phi) is 2.37. The highest BCUT2D eigenvalue weighted by Crippen LogP contribution is 2.23. The lowest BCUT2D eigenvalue weighted by molar-refractivity contribution is 0.627. The first-order valence-electron chi connectivity index (χ1n) is 4.65. The van der Waals surface area contributed by atoms with E-state index < -0.39 is 0 Å². The SMILES string of the molecule is Cc1cc(F)ccc1-c1cc(N)ccn1. The number of hydrogen-bond donors (Lipinski definition) is 1. The molecule has 2 nitrogen and oxygen atoms in total. The van der Waals surface area contributed by atoms with Gasteiger partial charge in [-0.05, 0) is 42.8 Å². The van der Waals surface area contributed by atoms with Gasteiger partial charge in [0.25, 0.3) is 0 Å². The molecule has 0 fully saturated rings. The molecule has 0 saturated heterocycles. The molecule has 2 rings (SSSR count). The van der Waals surface area contributed by atoms with Crippen LogP contribution in [0, 0.1) is 12.7 Å². The van der Waals surface area contributed by atoms with Crippen LogP contribution >= 0.6 is 0 Å². The average molecular weight is 202 g/mol. The molecule has 0 unspecified atom stereocenters. The van der Waals surface area contributed by atoms with Crippen molar-refractivity contribution in [2.75, 3.05) is 5.73 Å². The summed E-state index contributed by atoms with van der Waals surface area (Å²) < 4.78 is 12.9. The summed E-state index contributed by atoms with van der Waals surface area (Å²) >= 11 is 0. The molecule has 2 aromatic rings. The van der Waals surface area contributed by atoms with E-state index in [0.29, 0.717) is 5.69 Å². The molecule has 0 atom stereocenters. The number of nitrogen functional groups attached to an aromatic ring is 1. The van der Waals surface area contributed by atoms with Crippen LogP contribution in [0.4, 0.5) is 10.1 Å². The fourth-order valence-corrected chi connectivity index (χ4v) is 1.51. The van der Waals surface area contributed by atoms with Gasteiger partial charge in [0, 0.05) is 17.4 Å². The molecular formula is C12H11FN2. The lowest BCUT2D eigenvalue weighted by Crippen LogP contribution is -1.91. The molecule has 1 heterocycles. The van der Waals surface area contributed by atoms with Gasteiger partial charge in [0.05, 0.1) is 5.69 Å². The van der Waals surface area contributed by atoms with Crippen LogP contribution < -0.4 is 5.73 Å². The molecule has 0 spiro atoms. The highest BCUT2D eigenvalue weighted by molar-refractivity contribution is 5.66. The quantitative estimate of drug-likeness (QED) is 0.772. The predicted molar refractivity (Wildman–Crippen MR) is 58.8 cm³/mol. The van der Waals surface area contributed by atoms with E-state index in [2.05, 4.69) is 4.98 Å². The van der Waals surface area contributed by atoms with Gasteiger partial charge in [0.15, 0.2) is 0 Å². The van der Waals surface area contributed by atoms with Gasteiger partial charge in [0.1, 0.15) is 5.82 Å². The zero-order valence-corrected chi connectivity index (χ0v) is 8.37. The number of benzene rings is 1. The van der Waals surface area contributed by atoms with E-state index in [9.17, 15) is 4.39 Å².